The number of carbonyl (C=O) groups is 1. The largest absolute Gasteiger partial charge is 0.445 e. The van der Waals surface area contributed by atoms with Crippen molar-refractivity contribution in [2.24, 2.45) is 22.9 Å². The van der Waals surface area contributed by atoms with E-state index >= 15 is 0 Å². The number of aliphatic hydroxyl groups is 2. The molecule has 5 heterocycles. The van der Waals surface area contributed by atoms with Gasteiger partial charge in [-0.3, -0.25) is 19.6 Å². The van der Waals surface area contributed by atoms with Gasteiger partial charge >= 0.3 is 6.09 Å². The lowest BCUT2D eigenvalue weighted by molar-refractivity contribution is 0.139. The Bertz CT molecular complexity index is 3390. The molecule has 0 atom stereocenters. The van der Waals surface area contributed by atoms with Gasteiger partial charge in [-0.15, -0.1) is 12.4 Å². The standard InChI is InChI=1S/C16H27N3.C15H22Cl2N2.C14H21Cl2N3.C14H22ClN3.C12H16BrNO2.C10H12Cl2N2.C5H12O.C4H11NO.C2H3N.ClH/c1-14-6-5-7-16(15(14)2)19-12-10-18(11-13-19)9-4-3-8-17;1-2-3-4-8-18-9-11-19(12-10-18)14-7-5-6-13(16)15(14)17;15-12-4-3-5-13(14(12)16)19-10-8-18(9-11-19)7-2-1-6-17;15-13-4-3-5-14(12-13)18-10-8-17(9-11-18)7-2-1-6-16;13-8-4-5-9-14-12(15)16-10-11-6-2-1-3-7-11;11-8-2-1-3-9(10(8)12)14-6-4-13-5-7-14;1-2-3-4-5-6;5-3-1-2-4-6;1-2-3;/h5-7H,3-4,8-13,17H2,1-2H3;5-7H,2-4,8-12H2,1H3;3-5H,1-2,6-11,17H2;3-5,12H,1-2,6-11,16H2;1-3,6-7H,4-5,8-10H2,(H,14,15);1-3,13H,4-7H2;6H,2-5H2,1H3;6H,1-5H2;1H3;1H. The highest BCUT2D eigenvalue weighted by Crippen LogP contribution is 2.36. The van der Waals surface area contributed by atoms with E-state index in [2.05, 4.69) is 129 Å². The van der Waals surface area contributed by atoms with E-state index in [0.29, 0.717) is 56.4 Å². The number of aliphatic hydroxyl groups excluding tert-OH is 2. The second kappa shape index (κ2) is 72.5. The summed E-state index contributed by atoms with van der Waals surface area (Å²) in [5.41, 5.74) is 31.3. The second-order valence-electron chi connectivity index (χ2n) is 29.9. The third-order valence-corrected chi connectivity index (χ3v) is 24.0. The van der Waals surface area contributed by atoms with E-state index in [0.717, 1.165) is 235 Å². The van der Waals surface area contributed by atoms with Crippen molar-refractivity contribution < 1.29 is 19.7 Å². The van der Waals surface area contributed by atoms with Crippen molar-refractivity contribution in [2.45, 2.75) is 144 Å². The Labute approximate surface area is 778 Å². The van der Waals surface area contributed by atoms with Gasteiger partial charge in [-0.1, -0.05) is 203 Å². The van der Waals surface area contributed by atoms with E-state index in [1.165, 1.54) is 107 Å². The van der Waals surface area contributed by atoms with Gasteiger partial charge in [0, 0.05) is 179 Å². The zero-order valence-corrected chi connectivity index (χ0v) is 80.9. The normalized spacial score (nSPS) is 14.7. The number of ether oxygens (including phenoxy) is 1. The highest BCUT2D eigenvalue weighted by atomic mass is 79.9. The molecule has 1 amide bonds. The molecule has 0 saturated carbocycles. The van der Waals surface area contributed by atoms with Gasteiger partial charge in [-0.25, -0.2) is 4.79 Å². The minimum Gasteiger partial charge on any atom is -0.445 e. The Morgan fingerprint density at radius 1 is 0.455 bits per heavy atom. The zero-order chi connectivity index (χ0) is 87.8. The number of alkyl halides is 1. The molecule has 6 aromatic rings. The van der Waals surface area contributed by atoms with Gasteiger partial charge in [-0.2, -0.15) is 5.26 Å². The van der Waals surface area contributed by atoms with Crippen molar-refractivity contribution in [2.75, 3.05) is 233 Å². The number of unbranched alkanes of at least 4 members (excludes halogenated alkanes) is 9. The van der Waals surface area contributed by atoms with Gasteiger partial charge in [-0.05, 0) is 221 Å². The summed E-state index contributed by atoms with van der Waals surface area (Å²) in [6.45, 7) is 41.3. The molecule has 6 aromatic carbocycles. The molecule has 0 bridgehead atoms. The molecule has 0 aromatic heterocycles. The fourth-order valence-electron chi connectivity index (χ4n) is 13.6. The van der Waals surface area contributed by atoms with Crippen LogP contribution in [0.4, 0.5) is 33.2 Å². The number of nitrogens with zero attached hydrogens (tertiary/aromatic N) is 10. The highest BCUT2D eigenvalue weighted by molar-refractivity contribution is 9.09. The number of piperazine rings is 5. The number of alkyl carbamates (subject to hydrolysis) is 1. The SMILES string of the molecule is CC#N.CCCCCN1CCN(c2cccc(Cl)c2Cl)CC1.CCCCCO.Cc1cccc(N2CCN(CCCCN)CC2)c1C.Cl.Clc1cccc(N2CCNCC2)c1Cl.NCCCCN1CCN(c2cccc(Cl)c2)CC1.NCCCCN1CCN(c2cccc(Cl)c2Cl)CC1.NCCCCO.O=C(NCCCCBr)OCc1ccccc1. The van der Waals surface area contributed by atoms with Gasteiger partial charge in [0.2, 0.25) is 0 Å². The van der Waals surface area contributed by atoms with E-state index in [9.17, 15) is 4.79 Å². The van der Waals surface area contributed by atoms with Crippen molar-refractivity contribution in [3.05, 3.63) is 179 Å². The van der Waals surface area contributed by atoms with Crippen LogP contribution in [0, 0.1) is 25.2 Å². The van der Waals surface area contributed by atoms with Crippen LogP contribution >= 0.6 is 110 Å². The van der Waals surface area contributed by atoms with Crippen LogP contribution in [0.5, 0.6) is 0 Å². The summed E-state index contributed by atoms with van der Waals surface area (Å²) in [6, 6.07) is 43.6. The molecule has 0 unspecified atom stereocenters. The monoisotopic (exact) mass is 1900 g/mol. The summed E-state index contributed by atoms with van der Waals surface area (Å²) in [4.78, 5) is 33.2. The Morgan fingerprint density at radius 2 is 0.810 bits per heavy atom. The number of carbonyl (C=O) groups excluding carboxylic acids is 1. The average Bonchev–Trinajstić information content (AvgIpc) is 0.842. The van der Waals surface area contributed by atoms with Crippen LogP contribution in [0.15, 0.2) is 127 Å². The van der Waals surface area contributed by atoms with Crippen LogP contribution in [0.2, 0.25) is 35.2 Å². The number of anilines is 5. The number of nitriles is 1. The predicted octanol–water partition coefficient (Wildman–Crippen LogP) is 18.9. The maximum atomic E-state index is 11.2. The van der Waals surface area contributed by atoms with Crippen LogP contribution in [-0.4, -0.2) is 244 Å². The molecule has 12 N–H and O–H groups in total. The molecule has 121 heavy (non-hydrogen) atoms. The summed E-state index contributed by atoms with van der Waals surface area (Å²) in [6.07, 6.45) is 17.8. The molecule has 20 nitrogen and oxygen atoms in total. The van der Waals surface area contributed by atoms with E-state index in [-0.39, 0.29) is 25.1 Å². The number of aryl methyl sites for hydroxylation is 1. The third kappa shape index (κ3) is 48.8. The number of rotatable bonds is 33. The maximum absolute atomic E-state index is 11.2. The van der Waals surface area contributed by atoms with Crippen LogP contribution < -0.4 is 58.1 Å². The zero-order valence-electron chi connectivity index (χ0n) is 73.2. The highest BCUT2D eigenvalue weighted by Gasteiger charge is 2.24. The van der Waals surface area contributed by atoms with Gasteiger partial charge in [0.15, 0.2) is 0 Å². The fraction of sp³-hybridized carbons (Fsp3) is 0.587. The maximum Gasteiger partial charge on any atom is 0.407 e. The van der Waals surface area contributed by atoms with E-state index in [4.69, 9.17) is 124 Å². The molecule has 5 fully saturated rings. The molecule has 682 valence electrons. The number of hydrogen-bond acceptors (Lipinski definition) is 19. The lowest BCUT2D eigenvalue weighted by Gasteiger charge is -2.37. The average molecular weight is 1900 g/mol. The van der Waals surface area contributed by atoms with Crippen molar-refractivity contribution in [1.82, 2.24) is 30.2 Å². The van der Waals surface area contributed by atoms with Crippen molar-refractivity contribution in [1.29, 1.82) is 5.26 Å². The molecule has 11 rings (SSSR count). The number of halogens is 9. The number of hydrogen-bond donors (Lipinski definition) is 8. The molecule has 0 aliphatic carbocycles. The molecule has 29 heteroatoms. The van der Waals surface area contributed by atoms with Crippen LogP contribution in [0.3, 0.4) is 0 Å². The molecular weight excluding hydrogens is 1760 g/mol. The first kappa shape index (κ1) is 113. The van der Waals surface area contributed by atoms with Crippen molar-refractivity contribution >= 4 is 144 Å². The summed E-state index contributed by atoms with van der Waals surface area (Å²) in [5.74, 6) is 0. The number of amides is 1. The van der Waals surface area contributed by atoms with E-state index in [1.54, 1.807) is 6.07 Å². The van der Waals surface area contributed by atoms with Crippen molar-refractivity contribution in [3.8, 4) is 6.07 Å². The first-order valence-corrected chi connectivity index (χ1v) is 47.4. The molecule has 0 spiro atoms. The Morgan fingerprint density at radius 3 is 1.19 bits per heavy atom. The summed E-state index contributed by atoms with van der Waals surface area (Å²) in [7, 11) is 0. The van der Waals surface area contributed by atoms with E-state index in [1.807, 2.05) is 97.1 Å². The summed E-state index contributed by atoms with van der Waals surface area (Å²) >= 11 is 46.1. The van der Waals surface area contributed by atoms with E-state index < -0.39 is 0 Å². The smallest absolute Gasteiger partial charge is 0.407 e. The summed E-state index contributed by atoms with van der Waals surface area (Å²) in [5, 5.41) is 35.4. The first-order chi connectivity index (χ1) is 58.3. The molecule has 5 aliphatic heterocycles. The predicted molar refractivity (Wildman–Crippen MR) is 529 cm³/mol. The number of benzene rings is 6. The Balaban J connectivity index is 0.000000475. The topological polar surface area (TPSA) is 248 Å². The molecule has 5 aliphatic rings. The van der Waals surface area contributed by atoms with Crippen LogP contribution in [0.1, 0.15) is 140 Å². The third-order valence-electron chi connectivity index (χ3n) is 20.8. The minimum atomic E-state index is -0.349. The Hall–Kier alpha value is -4.56. The fourth-order valence-corrected chi connectivity index (χ4v) is 15.4. The Kier molecular flexibility index (Phi) is 67.4. The second-order valence-corrected chi connectivity index (χ2v) is 33.5. The van der Waals surface area contributed by atoms with Crippen molar-refractivity contribution in [3.63, 3.8) is 0 Å². The lowest BCUT2D eigenvalue weighted by atomic mass is 10.1. The minimum absolute atomic E-state index is 0. The molecular formula is C92H147BrCl8N16O4. The van der Waals surface area contributed by atoms with Crippen LogP contribution in [-0.2, 0) is 11.3 Å². The quantitative estimate of drug-likeness (QED) is 0.0141. The van der Waals surface area contributed by atoms with Crippen LogP contribution in [0.25, 0.3) is 0 Å². The number of nitrogens with one attached hydrogen (secondary N) is 2. The summed E-state index contributed by atoms with van der Waals surface area (Å²) < 4.78 is 5.05. The lowest BCUT2D eigenvalue weighted by Crippen LogP contribution is -2.46. The van der Waals surface area contributed by atoms with Gasteiger partial charge in [0.05, 0.1) is 53.3 Å². The molecule has 0 radical (unpaired) electrons. The first-order valence-electron chi connectivity index (χ1n) is 43.6. The van der Waals surface area contributed by atoms with Gasteiger partial charge < -0.3 is 73.0 Å². The molecule has 5 saturated heterocycles. The van der Waals surface area contributed by atoms with Gasteiger partial charge in [0.1, 0.15) is 6.61 Å². The van der Waals surface area contributed by atoms with Gasteiger partial charge in [0.25, 0.3) is 0 Å². The number of nitrogens with two attached hydrogens (primary N) is 4.